The van der Waals surface area contributed by atoms with Gasteiger partial charge in [-0.15, -0.1) is 0 Å². The number of pyridine rings is 3. The molecule has 0 aliphatic rings. The maximum atomic E-state index is 4.95. The van der Waals surface area contributed by atoms with Crippen molar-refractivity contribution in [2.45, 2.75) is 20.3 Å². The summed E-state index contributed by atoms with van der Waals surface area (Å²) in [4.78, 5) is 21.6. The van der Waals surface area contributed by atoms with Gasteiger partial charge >= 0.3 is 0 Å². The molecule has 0 aliphatic carbocycles. The number of anilines is 1. The summed E-state index contributed by atoms with van der Waals surface area (Å²) in [6.07, 6.45) is 10.2. The van der Waals surface area contributed by atoms with Crippen molar-refractivity contribution in [3.05, 3.63) is 73.4 Å². The number of nitrogens with zero attached hydrogens (tertiary/aromatic N) is 5. The van der Waals surface area contributed by atoms with E-state index in [2.05, 4.69) is 67.5 Å². The quantitative estimate of drug-likeness (QED) is 0.259. The van der Waals surface area contributed by atoms with Crippen LogP contribution >= 0.6 is 0 Å². The van der Waals surface area contributed by atoms with Gasteiger partial charge in [0, 0.05) is 54.2 Å². The van der Waals surface area contributed by atoms with E-state index in [9.17, 15) is 0 Å². The highest BCUT2D eigenvalue weighted by Crippen LogP contribution is 2.32. The molecule has 5 heterocycles. The SMILES string of the molecule is CC(C)CCNc1cncc(-c2cnc3n[nH]c(-c4nc5c(-c6ccncc6)cccc5[nH]4)c3c2)c1. The van der Waals surface area contributed by atoms with E-state index in [4.69, 9.17) is 4.98 Å². The number of hydrogen-bond acceptors (Lipinski definition) is 6. The summed E-state index contributed by atoms with van der Waals surface area (Å²) in [6.45, 7) is 5.36. The van der Waals surface area contributed by atoms with Crippen molar-refractivity contribution in [3.63, 3.8) is 0 Å². The molecule has 0 spiro atoms. The number of imidazole rings is 1. The van der Waals surface area contributed by atoms with Crippen LogP contribution in [0.4, 0.5) is 5.69 Å². The van der Waals surface area contributed by atoms with Crippen LogP contribution < -0.4 is 5.32 Å². The van der Waals surface area contributed by atoms with Gasteiger partial charge in [-0.1, -0.05) is 26.0 Å². The maximum absolute atomic E-state index is 4.95. The summed E-state index contributed by atoms with van der Waals surface area (Å²) >= 11 is 0. The molecule has 36 heavy (non-hydrogen) atoms. The molecule has 0 aliphatic heterocycles. The molecule has 8 nitrogen and oxygen atoms in total. The van der Waals surface area contributed by atoms with Gasteiger partial charge in [0.25, 0.3) is 0 Å². The Hall–Kier alpha value is -4.59. The lowest BCUT2D eigenvalue weighted by atomic mass is 10.1. The fraction of sp³-hybridized carbons (Fsp3) is 0.179. The lowest BCUT2D eigenvalue weighted by molar-refractivity contribution is 0.607. The van der Waals surface area contributed by atoms with E-state index >= 15 is 0 Å². The van der Waals surface area contributed by atoms with Gasteiger partial charge in [0.1, 0.15) is 5.69 Å². The number of hydrogen-bond donors (Lipinski definition) is 3. The molecule has 3 N–H and O–H groups in total. The first-order valence-corrected chi connectivity index (χ1v) is 12.1. The fourth-order valence-electron chi connectivity index (χ4n) is 4.35. The number of benzene rings is 1. The number of H-pyrrole nitrogens is 2. The number of fused-ring (bicyclic) bond motifs is 2. The normalized spacial score (nSPS) is 11.5. The van der Waals surface area contributed by atoms with Crippen LogP contribution in [0.2, 0.25) is 0 Å². The standard InChI is InChI=1S/C28H26N8/c1-17(2)6-11-31-21-12-19(14-30-16-21)20-13-23-26(35-36-27(23)32-15-20)28-33-24-5-3-4-22(25(24)34-28)18-7-9-29-10-8-18/h3-5,7-10,12-17,31H,6,11H2,1-2H3,(H,33,34)(H,32,35,36). The van der Waals surface area contributed by atoms with E-state index in [1.165, 1.54) is 0 Å². The zero-order chi connectivity index (χ0) is 24.5. The third kappa shape index (κ3) is 4.17. The first-order chi connectivity index (χ1) is 17.7. The zero-order valence-corrected chi connectivity index (χ0v) is 20.2. The molecular weight excluding hydrogens is 448 g/mol. The molecule has 0 amide bonds. The van der Waals surface area contributed by atoms with E-state index < -0.39 is 0 Å². The van der Waals surface area contributed by atoms with Crippen LogP contribution in [0.1, 0.15) is 20.3 Å². The molecule has 1 aromatic carbocycles. The average Bonchev–Trinajstić information content (AvgIpc) is 3.53. The number of aromatic amines is 2. The van der Waals surface area contributed by atoms with Crippen LogP contribution in [-0.4, -0.2) is 41.7 Å². The first kappa shape index (κ1) is 21.9. The molecule has 0 saturated heterocycles. The van der Waals surface area contributed by atoms with Crippen LogP contribution in [0, 0.1) is 5.92 Å². The van der Waals surface area contributed by atoms with Gasteiger partial charge in [-0.25, -0.2) is 9.97 Å². The minimum absolute atomic E-state index is 0.641. The van der Waals surface area contributed by atoms with Gasteiger partial charge in [0.2, 0.25) is 0 Å². The topological polar surface area (TPSA) is 108 Å². The first-order valence-electron chi connectivity index (χ1n) is 12.1. The molecule has 0 radical (unpaired) electrons. The molecule has 178 valence electrons. The van der Waals surface area contributed by atoms with Crippen molar-refractivity contribution in [1.82, 2.24) is 35.1 Å². The second-order valence-corrected chi connectivity index (χ2v) is 9.29. The van der Waals surface area contributed by atoms with Crippen LogP contribution in [0.3, 0.4) is 0 Å². The van der Waals surface area contributed by atoms with Crippen molar-refractivity contribution in [2.24, 2.45) is 5.92 Å². The van der Waals surface area contributed by atoms with Crippen LogP contribution in [0.15, 0.2) is 73.4 Å². The Kier molecular flexibility index (Phi) is 5.61. The van der Waals surface area contributed by atoms with Gasteiger partial charge in [-0.05, 0) is 48.2 Å². The second kappa shape index (κ2) is 9.22. The van der Waals surface area contributed by atoms with E-state index in [0.717, 1.165) is 68.8 Å². The molecule has 6 rings (SSSR count). The molecule has 5 aromatic heterocycles. The van der Waals surface area contributed by atoms with Crippen molar-refractivity contribution in [2.75, 3.05) is 11.9 Å². The third-order valence-corrected chi connectivity index (χ3v) is 6.27. The van der Waals surface area contributed by atoms with Crippen LogP contribution in [0.5, 0.6) is 0 Å². The van der Waals surface area contributed by atoms with Gasteiger partial charge in [0.05, 0.1) is 22.1 Å². The van der Waals surface area contributed by atoms with Gasteiger partial charge in [-0.3, -0.25) is 15.1 Å². The fourth-order valence-corrected chi connectivity index (χ4v) is 4.35. The molecule has 0 bridgehead atoms. The highest BCUT2D eigenvalue weighted by Gasteiger charge is 2.16. The molecule has 0 unspecified atom stereocenters. The summed E-state index contributed by atoms with van der Waals surface area (Å²) in [5.41, 5.74) is 8.38. The molecule has 0 saturated carbocycles. The monoisotopic (exact) mass is 474 g/mol. The zero-order valence-electron chi connectivity index (χ0n) is 20.2. The highest BCUT2D eigenvalue weighted by molar-refractivity contribution is 5.97. The molecule has 6 aromatic rings. The Morgan fingerprint density at radius 1 is 0.917 bits per heavy atom. The second-order valence-electron chi connectivity index (χ2n) is 9.29. The van der Waals surface area contributed by atoms with Crippen LogP contribution in [0.25, 0.3) is 55.8 Å². The molecule has 8 heteroatoms. The summed E-state index contributed by atoms with van der Waals surface area (Å²) in [7, 11) is 0. The van der Waals surface area contributed by atoms with Crippen LogP contribution in [-0.2, 0) is 0 Å². The number of aromatic nitrogens is 7. The lowest BCUT2D eigenvalue weighted by Gasteiger charge is -2.09. The van der Waals surface area contributed by atoms with E-state index in [1.807, 2.05) is 42.9 Å². The minimum Gasteiger partial charge on any atom is -0.384 e. The number of nitrogens with one attached hydrogen (secondary N) is 3. The lowest BCUT2D eigenvalue weighted by Crippen LogP contribution is -2.05. The van der Waals surface area contributed by atoms with Crippen molar-refractivity contribution >= 4 is 27.8 Å². The smallest absolute Gasteiger partial charge is 0.181 e. The summed E-state index contributed by atoms with van der Waals surface area (Å²) in [5, 5.41) is 11.9. The summed E-state index contributed by atoms with van der Waals surface area (Å²) in [6, 6.07) is 14.3. The Labute approximate surface area is 208 Å². The molecule has 0 atom stereocenters. The highest BCUT2D eigenvalue weighted by atomic mass is 15.2. The minimum atomic E-state index is 0.641. The maximum Gasteiger partial charge on any atom is 0.181 e. The van der Waals surface area contributed by atoms with Crippen molar-refractivity contribution in [1.29, 1.82) is 0 Å². The Morgan fingerprint density at radius 3 is 2.64 bits per heavy atom. The third-order valence-electron chi connectivity index (χ3n) is 6.27. The summed E-state index contributed by atoms with van der Waals surface area (Å²) < 4.78 is 0. The van der Waals surface area contributed by atoms with E-state index in [1.54, 1.807) is 12.4 Å². The summed E-state index contributed by atoms with van der Waals surface area (Å²) in [5.74, 6) is 1.37. The van der Waals surface area contributed by atoms with E-state index in [-0.39, 0.29) is 0 Å². The van der Waals surface area contributed by atoms with Gasteiger partial charge in [-0.2, -0.15) is 5.10 Å². The van der Waals surface area contributed by atoms with E-state index in [0.29, 0.717) is 11.6 Å². The molecule has 0 fully saturated rings. The Morgan fingerprint density at radius 2 is 1.78 bits per heavy atom. The number of rotatable bonds is 7. The Balaban J connectivity index is 1.38. The van der Waals surface area contributed by atoms with Gasteiger partial charge < -0.3 is 10.3 Å². The largest absolute Gasteiger partial charge is 0.384 e. The predicted octanol–water partition coefficient (Wildman–Crippen LogP) is 6.08. The van der Waals surface area contributed by atoms with Gasteiger partial charge in [0.15, 0.2) is 11.5 Å². The predicted molar refractivity (Wildman–Crippen MR) is 143 cm³/mol. The Bertz CT molecular complexity index is 1650. The average molecular weight is 475 g/mol. The van der Waals surface area contributed by atoms with Crippen molar-refractivity contribution < 1.29 is 0 Å². The number of para-hydroxylation sites is 1. The molecular formula is C28H26N8. The van der Waals surface area contributed by atoms with Crippen molar-refractivity contribution in [3.8, 4) is 33.8 Å².